The maximum absolute atomic E-state index is 12.3. The molecule has 6 nitrogen and oxygen atoms in total. The van der Waals surface area contributed by atoms with E-state index in [-0.39, 0.29) is 12.5 Å². The SMILES string of the molecule is CCc1ccccc1NC(=O)CNC(=O)c1ccc(OC)cc1OC. The van der Waals surface area contributed by atoms with Crippen molar-refractivity contribution in [2.24, 2.45) is 0 Å². The van der Waals surface area contributed by atoms with Crippen molar-refractivity contribution in [1.29, 1.82) is 0 Å². The first kappa shape index (κ1) is 18.3. The molecule has 0 aliphatic heterocycles. The van der Waals surface area contributed by atoms with Gasteiger partial charge in [-0.1, -0.05) is 25.1 Å². The summed E-state index contributed by atoms with van der Waals surface area (Å²) in [6.45, 7) is 1.88. The Kier molecular flexibility index (Phi) is 6.39. The van der Waals surface area contributed by atoms with Crippen molar-refractivity contribution in [3.63, 3.8) is 0 Å². The zero-order valence-corrected chi connectivity index (χ0v) is 14.6. The fourth-order valence-corrected chi connectivity index (χ4v) is 2.39. The highest BCUT2D eigenvalue weighted by Crippen LogP contribution is 2.24. The van der Waals surface area contributed by atoms with E-state index in [2.05, 4.69) is 10.6 Å². The van der Waals surface area contributed by atoms with Gasteiger partial charge in [0.05, 0.1) is 26.3 Å². The molecule has 0 bridgehead atoms. The number of benzene rings is 2. The summed E-state index contributed by atoms with van der Waals surface area (Å²) in [5, 5.41) is 5.41. The van der Waals surface area contributed by atoms with E-state index >= 15 is 0 Å². The molecular formula is C19H22N2O4. The van der Waals surface area contributed by atoms with E-state index in [1.54, 1.807) is 18.2 Å². The van der Waals surface area contributed by atoms with Crippen LogP contribution in [0.5, 0.6) is 11.5 Å². The summed E-state index contributed by atoms with van der Waals surface area (Å²) in [5.41, 5.74) is 2.13. The van der Waals surface area contributed by atoms with Gasteiger partial charge in [0, 0.05) is 11.8 Å². The van der Waals surface area contributed by atoms with Gasteiger partial charge in [0.2, 0.25) is 5.91 Å². The number of carbonyl (C=O) groups is 2. The molecule has 0 saturated heterocycles. The molecule has 6 heteroatoms. The van der Waals surface area contributed by atoms with Crippen LogP contribution in [0.1, 0.15) is 22.8 Å². The van der Waals surface area contributed by atoms with Gasteiger partial charge in [-0.15, -0.1) is 0 Å². The summed E-state index contributed by atoms with van der Waals surface area (Å²) in [5.74, 6) is 0.288. The molecule has 2 aromatic rings. The van der Waals surface area contributed by atoms with Crippen LogP contribution in [0.3, 0.4) is 0 Å². The fourth-order valence-electron chi connectivity index (χ4n) is 2.39. The molecule has 0 heterocycles. The molecule has 0 aromatic heterocycles. The lowest BCUT2D eigenvalue weighted by molar-refractivity contribution is -0.115. The van der Waals surface area contributed by atoms with Gasteiger partial charge in [0.15, 0.2) is 0 Å². The van der Waals surface area contributed by atoms with Gasteiger partial charge < -0.3 is 20.1 Å². The van der Waals surface area contributed by atoms with Crippen molar-refractivity contribution >= 4 is 17.5 Å². The van der Waals surface area contributed by atoms with E-state index < -0.39 is 5.91 Å². The number of carbonyl (C=O) groups excluding carboxylic acids is 2. The Morgan fingerprint density at radius 3 is 2.48 bits per heavy atom. The largest absolute Gasteiger partial charge is 0.497 e. The lowest BCUT2D eigenvalue weighted by atomic mass is 10.1. The minimum absolute atomic E-state index is 0.133. The molecule has 132 valence electrons. The molecule has 0 atom stereocenters. The number of hydrogen-bond donors (Lipinski definition) is 2. The van der Waals surface area contributed by atoms with E-state index in [1.165, 1.54) is 14.2 Å². The molecule has 0 saturated carbocycles. The number of hydrogen-bond acceptors (Lipinski definition) is 4. The number of nitrogens with one attached hydrogen (secondary N) is 2. The molecule has 2 aromatic carbocycles. The quantitative estimate of drug-likeness (QED) is 0.811. The topological polar surface area (TPSA) is 76.7 Å². The van der Waals surface area contributed by atoms with Gasteiger partial charge in [-0.25, -0.2) is 0 Å². The monoisotopic (exact) mass is 342 g/mol. The summed E-state index contributed by atoms with van der Waals surface area (Å²) in [4.78, 5) is 24.4. The van der Waals surface area contributed by atoms with Crippen LogP contribution in [-0.2, 0) is 11.2 Å². The highest BCUT2D eigenvalue weighted by atomic mass is 16.5. The van der Waals surface area contributed by atoms with E-state index in [0.717, 1.165) is 17.7 Å². The van der Waals surface area contributed by atoms with Gasteiger partial charge in [-0.2, -0.15) is 0 Å². The van der Waals surface area contributed by atoms with Crippen molar-refractivity contribution in [2.45, 2.75) is 13.3 Å². The third kappa shape index (κ3) is 4.73. The first-order valence-electron chi connectivity index (χ1n) is 7.97. The predicted octanol–water partition coefficient (Wildman–Crippen LogP) is 2.63. The van der Waals surface area contributed by atoms with Gasteiger partial charge in [0.1, 0.15) is 11.5 Å². The molecule has 0 unspecified atom stereocenters. The Labute approximate surface area is 147 Å². The zero-order chi connectivity index (χ0) is 18.2. The third-order valence-corrected chi connectivity index (χ3v) is 3.74. The number of ether oxygens (including phenoxy) is 2. The van der Waals surface area contributed by atoms with E-state index in [0.29, 0.717) is 17.1 Å². The Balaban J connectivity index is 1.99. The van der Waals surface area contributed by atoms with Crippen LogP contribution in [0.15, 0.2) is 42.5 Å². The van der Waals surface area contributed by atoms with Gasteiger partial charge in [-0.05, 0) is 30.2 Å². The van der Waals surface area contributed by atoms with Crippen LogP contribution in [0, 0.1) is 0 Å². The smallest absolute Gasteiger partial charge is 0.255 e. The molecule has 0 spiro atoms. The van der Waals surface area contributed by atoms with Gasteiger partial charge in [-0.3, -0.25) is 9.59 Å². The molecule has 2 amide bonds. The van der Waals surface area contributed by atoms with E-state index in [4.69, 9.17) is 9.47 Å². The fraction of sp³-hybridized carbons (Fsp3) is 0.263. The number of methoxy groups -OCH3 is 2. The molecule has 0 aliphatic rings. The van der Waals surface area contributed by atoms with Crippen molar-refractivity contribution in [3.8, 4) is 11.5 Å². The Morgan fingerprint density at radius 2 is 1.80 bits per heavy atom. The number of rotatable bonds is 7. The van der Waals surface area contributed by atoms with Crippen LogP contribution in [0.25, 0.3) is 0 Å². The average molecular weight is 342 g/mol. The first-order chi connectivity index (χ1) is 12.1. The average Bonchev–Trinajstić information content (AvgIpc) is 2.65. The second kappa shape index (κ2) is 8.73. The molecule has 0 aliphatic carbocycles. The molecule has 2 rings (SSSR count). The number of aryl methyl sites for hydroxylation is 1. The second-order valence-corrected chi connectivity index (χ2v) is 5.31. The summed E-state index contributed by atoms with van der Waals surface area (Å²) in [7, 11) is 3.01. The summed E-state index contributed by atoms with van der Waals surface area (Å²) in [6, 6.07) is 12.4. The molecule has 2 N–H and O–H groups in total. The predicted molar refractivity (Wildman–Crippen MR) is 96.3 cm³/mol. The number of amides is 2. The van der Waals surface area contributed by atoms with Crippen LogP contribution in [0.2, 0.25) is 0 Å². The highest BCUT2D eigenvalue weighted by Gasteiger charge is 2.14. The minimum Gasteiger partial charge on any atom is -0.497 e. The summed E-state index contributed by atoms with van der Waals surface area (Å²) >= 11 is 0. The maximum Gasteiger partial charge on any atom is 0.255 e. The molecule has 0 radical (unpaired) electrons. The highest BCUT2D eigenvalue weighted by molar-refractivity contribution is 6.01. The number of anilines is 1. The van der Waals surface area contributed by atoms with E-state index in [9.17, 15) is 9.59 Å². The van der Waals surface area contributed by atoms with Crippen molar-refractivity contribution < 1.29 is 19.1 Å². The first-order valence-corrected chi connectivity index (χ1v) is 7.97. The molecular weight excluding hydrogens is 320 g/mol. The Hall–Kier alpha value is -3.02. The minimum atomic E-state index is -0.390. The summed E-state index contributed by atoms with van der Waals surface area (Å²) in [6.07, 6.45) is 0.811. The number of para-hydroxylation sites is 1. The van der Waals surface area contributed by atoms with Crippen molar-refractivity contribution in [1.82, 2.24) is 5.32 Å². The summed E-state index contributed by atoms with van der Waals surface area (Å²) < 4.78 is 10.3. The van der Waals surface area contributed by atoms with E-state index in [1.807, 2.05) is 31.2 Å². The molecule has 0 fully saturated rings. The van der Waals surface area contributed by atoms with Crippen LogP contribution in [0.4, 0.5) is 5.69 Å². The van der Waals surface area contributed by atoms with Gasteiger partial charge >= 0.3 is 0 Å². The van der Waals surface area contributed by atoms with Crippen molar-refractivity contribution in [3.05, 3.63) is 53.6 Å². The standard InChI is InChI=1S/C19H22N2O4/c1-4-13-7-5-6-8-16(13)21-18(22)12-20-19(23)15-10-9-14(24-2)11-17(15)25-3/h5-11H,4,12H2,1-3H3,(H,20,23)(H,21,22). The van der Waals surface area contributed by atoms with Crippen LogP contribution < -0.4 is 20.1 Å². The third-order valence-electron chi connectivity index (χ3n) is 3.74. The molecule has 25 heavy (non-hydrogen) atoms. The zero-order valence-electron chi connectivity index (χ0n) is 14.6. The van der Waals surface area contributed by atoms with Crippen LogP contribution >= 0.6 is 0 Å². The van der Waals surface area contributed by atoms with Crippen molar-refractivity contribution in [2.75, 3.05) is 26.1 Å². The van der Waals surface area contributed by atoms with Gasteiger partial charge in [0.25, 0.3) is 5.91 Å². The second-order valence-electron chi connectivity index (χ2n) is 5.31. The Bertz CT molecular complexity index is 759. The Morgan fingerprint density at radius 1 is 1.04 bits per heavy atom. The normalized spacial score (nSPS) is 10.0. The lowest BCUT2D eigenvalue weighted by Crippen LogP contribution is -2.33. The van der Waals surface area contributed by atoms with Crippen LogP contribution in [-0.4, -0.2) is 32.6 Å². The lowest BCUT2D eigenvalue weighted by Gasteiger charge is -2.12. The maximum atomic E-state index is 12.3.